The third-order valence-corrected chi connectivity index (χ3v) is 4.96. The van der Waals surface area contributed by atoms with Crippen LogP contribution >= 0.6 is 0 Å². The average molecular weight is 400 g/mol. The lowest BCUT2D eigenvalue weighted by molar-refractivity contribution is 0.0931. The van der Waals surface area contributed by atoms with Gasteiger partial charge in [0.2, 0.25) is 0 Å². The number of aromatic nitrogens is 2. The lowest BCUT2D eigenvalue weighted by Crippen LogP contribution is -2.35. The van der Waals surface area contributed by atoms with Crippen LogP contribution in [0.2, 0.25) is 0 Å². The smallest absolute Gasteiger partial charge is 0.270 e. The van der Waals surface area contributed by atoms with Gasteiger partial charge in [-0.05, 0) is 44.4 Å². The number of benzene rings is 2. The average Bonchev–Trinajstić information content (AvgIpc) is 3.45. The van der Waals surface area contributed by atoms with Gasteiger partial charge in [-0.1, -0.05) is 48.5 Å². The van der Waals surface area contributed by atoms with Crippen LogP contribution in [-0.2, 0) is 0 Å². The first-order valence-corrected chi connectivity index (χ1v) is 9.82. The predicted molar refractivity (Wildman–Crippen MR) is 116 cm³/mol. The van der Waals surface area contributed by atoms with Gasteiger partial charge in [-0.25, -0.2) is 4.68 Å². The fraction of sp³-hybridized carbons (Fsp3) is 0.167. The summed E-state index contributed by atoms with van der Waals surface area (Å²) >= 11 is 0. The number of furan rings is 1. The van der Waals surface area contributed by atoms with Gasteiger partial charge in [-0.3, -0.25) is 9.69 Å². The number of rotatable bonds is 7. The molecular weight excluding hydrogens is 376 g/mol. The molecule has 1 atom stereocenters. The summed E-state index contributed by atoms with van der Waals surface area (Å²) in [6.07, 6.45) is 1.64. The highest BCUT2D eigenvalue weighted by Gasteiger charge is 2.21. The molecule has 4 aromatic rings. The largest absolute Gasteiger partial charge is 0.468 e. The molecule has 1 amide bonds. The Morgan fingerprint density at radius 2 is 1.73 bits per heavy atom. The lowest BCUT2D eigenvalue weighted by Gasteiger charge is -2.22. The van der Waals surface area contributed by atoms with Crippen LogP contribution in [0.1, 0.15) is 22.3 Å². The molecule has 6 heteroatoms. The van der Waals surface area contributed by atoms with Crippen LogP contribution in [-0.4, -0.2) is 41.2 Å². The van der Waals surface area contributed by atoms with Crippen LogP contribution in [0.25, 0.3) is 16.9 Å². The minimum absolute atomic E-state index is 0.0642. The molecule has 0 saturated heterocycles. The van der Waals surface area contributed by atoms with Crippen LogP contribution in [0.15, 0.2) is 89.5 Å². The molecular formula is C24H24N4O2. The Morgan fingerprint density at radius 1 is 1.03 bits per heavy atom. The maximum absolute atomic E-state index is 13.2. The van der Waals surface area contributed by atoms with E-state index in [1.165, 1.54) is 0 Å². The van der Waals surface area contributed by atoms with Crippen LogP contribution < -0.4 is 5.32 Å². The summed E-state index contributed by atoms with van der Waals surface area (Å²) < 4.78 is 7.23. The van der Waals surface area contributed by atoms with Crippen LogP contribution in [0, 0.1) is 0 Å². The molecule has 2 aromatic heterocycles. The number of nitrogens with one attached hydrogen (secondary N) is 1. The van der Waals surface area contributed by atoms with E-state index >= 15 is 0 Å². The van der Waals surface area contributed by atoms with E-state index in [4.69, 9.17) is 9.52 Å². The number of para-hydroxylation sites is 1. The summed E-state index contributed by atoms with van der Waals surface area (Å²) in [5.41, 5.74) is 3.03. The SMILES string of the molecule is CN(C)[C@H](CNC(=O)c1cc(-c2ccccc2)nn1-c1ccccc1)c1ccco1. The number of hydrogen-bond donors (Lipinski definition) is 1. The van der Waals surface area contributed by atoms with Crippen molar-refractivity contribution in [2.24, 2.45) is 0 Å². The van der Waals surface area contributed by atoms with Gasteiger partial charge in [0.25, 0.3) is 5.91 Å². The summed E-state index contributed by atoms with van der Waals surface area (Å²) in [5.74, 6) is 0.619. The van der Waals surface area contributed by atoms with Crippen molar-refractivity contribution >= 4 is 5.91 Å². The summed E-state index contributed by atoms with van der Waals surface area (Å²) in [4.78, 5) is 15.2. The van der Waals surface area contributed by atoms with E-state index in [0.717, 1.165) is 22.7 Å². The zero-order valence-electron chi connectivity index (χ0n) is 17.0. The Kier molecular flexibility index (Phi) is 5.77. The van der Waals surface area contributed by atoms with Crippen LogP contribution in [0.3, 0.4) is 0 Å². The maximum atomic E-state index is 13.2. The lowest BCUT2D eigenvalue weighted by atomic mass is 10.1. The molecule has 0 spiro atoms. The first kappa shape index (κ1) is 19.7. The quantitative estimate of drug-likeness (QED) is 0.506. The van der Waals surface area contributed by atoms with Gasteiger partial charge in [0.05, 0.1) is 23.7 Å². The van der Waals surface area contributed by atoms with E-state index < -0.39 is 0 Å². The van der Waals surface area contributed by atoms with E-state index in [2.05, 4.69) is 5.32 Å². The zero-order chi connectivity index (χ0) is 20.9. The molecule has 0 aliphatic carbocycles. The summed E-state index contributed by atoms with van der Waals surface area (Å²) in [7, 11) is 3.92. The minimum atomic E-state index is -0.188. The minimum Gasteiger partial charge on any atom is -0.468 e. The Hall–Kier alpha value is -3.64. The maximum Gasteiger partial charge on any atom is 0.270 e. The highest BCUT2D eigenvalue weighted by atomic mass is 16.3. The second-order valence-corrected chi connectivity index (χ2v) is 7.23. The van der Waals surface area contributed by atoms with Crippen molar-refractivity contribution in [3.63, 3.8) is 0 Å². The van der Waals surface area contributed by atoms with Gasteiger partial charge < -0.3 is 9.73 Å². The number of hydrogen-bond acceptors (Lipinski definition) is 4. The van der Waals surface area contributed by atoms with Crippen molar-refractivity contribution in [2.75, 3.05) is 20.6 Å². The number of amides is 1. The molecule has 152 valence electrons. The fourth-order valence-corrected chi connectivity index (χ4v) is 3.36. The monoisotopic (exact) mass is 400 g/mol. The van der Waals surface area contributed by atoms with Crippen LogP contribution in [0.4, 0.5) is 0 Å². The topological polar surface area (TPSA) is 63.3 Å². The van der Waals surface area contributed by atoms with Gasteiger partial charge in [0.15, 0.2) is 0 Å². The second-order valence-electron chi connectivity index (χ2n) is 7.23. The van der Waals surface area contributed by atoms with Crippen molar-refractivity contribution in [2.45, 2.75) is 6.04 Å². The molecule has 30 heavy (non-hydrogen) atoms. The van der Waals surface area contributed by atoms with Gasteiger partial charge >= 0.3 is 0 Å². The van der Waals surface area contributed by atoms with E-state index in [-0.39, 0.29) is 11.9 Å². The van der Waals surface area contributed by atoms with E-state index in [0.29, 0.717) is 12.2 Å². The number of carbonyl (C=O) groups excluding carboxylic acids is 1. The zero-order valence-corrected chi connectivity index (χ0v) is 17.0. The molecule has 0 aliphatic rings. The molecule has 0 unspecified atom stereocenters. The molecule has 0 saturated carbocycles. The molecule has 0 bridgehead atoms. The van der Waals surface area contributed by atoms with Crippen molar-refractivity contribution < 1.29 is 9.21 Å². The normalized spacial score (nSPS) is 12.1. The number of nitrogens with zero attached hydrogens (tertiary/aromatic N) is 3. The van der Waals surface area contributed by atoms with Crippen LogP contribution in [0.5, 0.6) is 0 Å². The van der Waals surface area contributed by atoms with Crippen molar-refractivity contribution in [1.82, 2.24) is 20.0 Å². The van der Waals surface area contributed by atoms with Gasteiger partial charge in [-0.15, -0.1) is 0 Å². The highest BCUT2D eigenvalue weighted by Crippen LogP contribution is 2.22. The third kappa shape index (κ3) is 4.18. The molecule has 2 aromatic carbocycles. The summed E-state index contributed by atoms with van der Waals surface area (Å²) in [6.45, 7) is 0.417. The van der Waals surface area contributed by atoms with Crippen molar-refractivity contribution in [3.05, 3.63) is 96.6 Å². The van der Waals surface area contributed by atoms with Gasteiger partial charge in [0, 0.05) is 12.1 Å². The second kappa shape index (κ2) is 8.80. The Balaban J connectivity index is 1.63. The molecule has 2 heterocycles. The molecule has 0 radical (unpaired) electrons. The van der Waals surface area contributed by atoms with Gasteiger partial charge in [-0.2, -0.15) is 5.10 Å². The molecule has 1 N–H and O–H groups in total. The first-order valence-electron chi connectivity index (χ1n) is 9.82. The number of likely N-dealkylation sites (N-methyl/N-ethyl adjacent to an activating group) is 1. The molecule has 4 rings (SSSR count). The third-order valence-electron chi connectivity index (χ3n) is 4.96. The van der Waals surface area contributed by atoms with Gasteiger partial charge in [0.1, 0.15) is 11.5 Å². The summed E-state index contributed by atoms with van der Waals surface area (Å²) in [6, 6.07) is 25.0. The number of carbonyl (C=O) groups is 1. The Morgan fingerprint density at radius 3 is 2.37 bits per heavy atom. The predicted octanol–water partition coefficient (Wildman–Crippen LogP) is 4.17. The van der Waals surface area contributed by atoms with E-state index in [1.54, 1.807) is 10.9 Å². The summed E-state index contributed by atoms with van der Waals surface area (Å²) in [5, 5.41) is 7.75. The van der Waals surface area contributed by atoms with E-state index in [9.17, 15) is 4.79 Å². The molecule has 0 fully saturated rings. The fourth-order valence-electron chi connectivity index (χ4n) is 3.36. The Labute approximate surface area is 175 Å². The molecule has 6 nitrogen and oxygen atoms in total. The Bertz CT molecular complexity index is 1090. The standard InChI is InChI=1S/C24H24N4O2/c1-27(2)22(23-14-9-15-30-23)17-25-24(29)21-16-20(18-10-5-3-6-11-18)26-28(21)19-12-7-4-8-13-19/h3-16,22H,17H2,1-2H3,(H,25,29)/t22-/m1/s1. The van der Waals surface area contributed by atoms with Crippen molar-refractivity contribution in [3.8, 4) is 16.9 Å². The molecule has 0 aliphatic heterocycles. The highest BCUT2D eigenvalue weighted by molar-refractivity contribution is 5.94. The van der Waals surface area contributed by atoms with Crippen molar-refractivity contribution in [1.29, 1.82) is 0 Å². The first-order chi connectivity index (χ1) is 14.6. The van der Waals surface area contributed by atoms with E-state index in [1.807, 2.05) is 97.9 Å².